The number of hydrogen-bond acceptors (Lipinski definition) is 3. The van der Waals surface area contributed by atoms with Gasteiger partial charge in [-0.15, -0.1) is 6.58 Å². The van der Waals surface area contributed by atoms with E-state index in [0.717, 1.165) is 18.3 Å². The van der Waals surface area contributed by atoms with Crippen molar-refractivity contribution in [1.82, 2.24) is 4.57 Å². The number of hydrogen-bond donors (Lipinski definition) is 1. The molecule has 1 aromatic rings. The van der Waals surface area contributed by atoms with Crippen LogP contribution in [0.2, 0.25) is 0 Å². The predicted molar refractivity (Wildman–Crippen MR) is 70.8 cm³/mol. The second kappa shape index (κ2) is 5.55. The number of carbonyl (C=O) groups excluding carboxylic acids is 1. The van der Waals surface area contributed by atoms with Crippen molar-refractivity contribution in [3.05, 3.63) is 36.7 Å². The second-order valence-corrected chi connectivity index (χ2v) is 5.59. The Labute approximate surface area is 120 Å². The Morgan fingerprint density at radius 2 is 2.00 bits per heavy atom. The molecule has 21 heavy (non-hydrogen) atoms. The molecule has 118 valence electrons. The summed E-state index contributed by atoms with van der Waals surface area (Å²) in [6.45, 7) is 7.99. The lowest BCUT2D eigenvalue weighted by Gasteiger charge is -2.30. The molecule has 0 saturated heterocycles. The van der Waals surface area contributed by atoms with Crippen LogP contribution in [0.3, 0.4) is 0 Å². The Balaban J connectivity index is 3.29. The van der Waals surface area contributed by atoms with Crippen molar-refractivity contribution in [2.45, 2.75) is 44.6 Å². The molecule has 4 nitrogen and oxygen atoms in total. The van der Waals surface area contributed by atoms with Crippen molar-refractivity contribution >= 4 is 6.09 Å². The normalized spacial score (nSPS) is 15.4. The van der Waals surface area contributed by atoms with Crippen LogP contribution < -0.4 is 0 Å². The number of rotatable bonds is 3. The molecular weight excluding hydrogens is 287 g/mol. The molecule has 0 aliphatic rings. The Kier molecular flexibility index (Phi) is 4.57. The van der Waals surface area contributed by atoms with Crippen LogP contribution in [0.15, 0.2) is 31.0 Å². The molecule has 0 aromatic carbocycles. The number of aliphatic hydroxyl groups is 1. The molecule has 1 atom stereocenters. The van der Waals surface area contributed by atoms with E-state index >= 15 is 0 Å². The molecule has 0 saturated carbocycles. The first-order valence-corrected chi connectivity index (χ1v) is 6.23. The quantitative estimate of drug-likeness (QED) is 0.868. The average molecular weight is 305 g/mol. The lowest BCUT2D eigenvalue weighted by molar-refractivity contribution is -0.267. The molecular formula is C14H18F3NO3. The van der Waals surface area contributed by atoms with Gasteiger partial charge in [0.2, 0.25) is 5.60 Å². The highest BCUT2D eigenvalue weighted by atomic mass is 19.4. The average Bonchev–Trinajstić information content (AvgIpc) is 2.74. The van der Waals surface area contributed by atoms with Gasteiger partial charge in [-0.05, 0) is 32.9 Å². The highest BCUT2D eigenvalue weighted by Crippen LogP contribution is 2.42. The van der Waals surface area contributed by atoms with Crippen LogP contribution in [0.1, 0.15) is 32.9 Å². The molecule has 0 aliphatic carbocycles. The number of aromatic nitrogens is 1. The van der Waals surface area contributed by atoms with E-state index in [4.69, 9.17) is 4.74 Å². The molecule has 0 bridgehead atoms. The highest BCUT2D eigenvalue weighted by Gasteiger charge is 2.56. The van der Waals surface area contributed by atoms with Crippen molar-refractivity contribution in [2.75, 3.05) is 0 Å². The summed E-state index contributed by atoms with van der Waals surface area (Å²) in [4.78, 5) is 12.0. The molecule has 0 spiro atoms. The lowest BCUT2D eigenvalue weighted by atomic mass is 9.94. The monoisotopic (exact) mass is 305 g/mol. The zero-order valence-electron chi connectivity index (χ0n) is 12.1. The number of carbonyl (C=O) groups is 1. The zero-order valence-corrected chi connectivity index (χ0v) is 12.1. The van der Waals surface area contributed by atoms with Gasteiger partial charge in [0.05, 0.1) is 5.69 Å². The maximum absolute atomic E-state index is 13.2. The second-order valence-electron chi connectivity index (χ2n) is 5.59. The van der Waals surface area contributed by atoms with Crippen LogP contribution in [0.4, 0.5) is 18.0 Å². The molecule has 0 radical (unpaired) electrons. The van der Waals surface area contributed by atoms with Gasteiger partial charge in [0.15, 0.2) is 0 Å². The van der Waals surface area contributed by atoms with E-state index in [2.05, 4.69) is 6.58 Å². The first-order valence-electron chi connectivity index (χ1n) is 6.23. The minimum atomic E-state index is -4.96. The third-order valence-corrected chi connectivity index (χ3v) is 2.67. The SMILES string of the molecule is C=CC[C@@](O)(c1cccn1C(=O)OC(C)(C)C)C(F)(F)F. The fourth-order valence-corrected chi connectivity index (χ4v) is 1.76. The van der Waals surface area contributed by atoms with Gasteiger partial charge in [0, 0.05) is 12.6 Å². The first kappa shape index (κ1) is 17.3. The van der Waals surface area contributed by atoms with Gasteiger partial charge in [0.25, 0.3) is 0 Å². The van der Waals surface area contributed by atoms with Gasteiger partial charge < -0.3 is 9.84 Å². The van der Waals surface area contributed by atoms with E-state index in [1.165, 1.54) is 6.07 Å². The van der Waals surface area contributed by atoms with Crippen molar-refractivity contribution in [3.63, 3.8) is 0 Å². The van der Waals surface area contributed by atoms with Gasteiger partial charge in [-0.2, -0.15) is 13.2 Å². The Bertz CT molecular complexity index is 528. The van der Waals surface area contributed by atoms with Gasteiger partial charge >= 0.3 is 12.3 Å². The highest BCUT2D eigenvalue weighted by molar-refractivity contribution is 5.72. The molecule has 7 heteroatoms. The smallest absolute Gasteiger partial charge is 0.423 e. The fourth-order valence-electron chi connectivity index (χ4n) is 1.76. The molecule has 0 unspecified atom stereocenters. The van der Waals surface area contributed by atoms with Crippen LogP contribution in [0, 0.1) is 0 Å². The van der Waals surface area contributed by atoms with Crippen LogP contribution in [0.25, 0.3) is 0 Å². The van der Waals surface area contributed by atoms with Gasteiger partial charge in [0.1, 0.15) is 5.60 Å². The topological polar surface area (TPSA) is 51.5 Å². The molecule has 1 aromatic heterocycles. The van der Waals surface area contributed by atoms with Gasteiger partial charge in [-0.3, -0.25) is 4.57 Å². The van der Waals surface area contributed by atoms with E-state index < -0.39 is 35.6 Å². The summed E-state index contributed by atoms with van der Waals surface area (Å²) in [6, 6.07) is 2.26. The van der Waals surface area contributed by atoms with E-state index in [9.17, 15) is 23.1 Å². The molecule has 0 aliphatic heterocycles. The van der Waals surface area contributed by atoms with Gasteiger partial charge in [-0.1, -0.05) is 6.08 Å². The predicted octanol–water partition coefficient (Wildman–Crippen LogP) is 3.60. The summed E-state index contributed by atoms with van der Waals surface area (Å²) in [6.07, 6.45) is -4.67. The fraction of sp³-hybridized carbons (Fsp3) is 0.500. The molecule has 1 heterocycles. The summed E-state index contributed by atoms with van der Waals surface area (Å²) < 4.78 is 45.2. The number of alkyl halides is 3. The number of halogens is 3. The molecule has 0 amide bonds. The first-order chi connectivity index (χ1) is 9.42. The van der Waals surface area contributed by atoms with Crippen molar-refractivity contribution in [3.8, 4) is 0 Å². The maximum Gasteiger partial charge on any atom is 0.423 e. The number of ether oxygens (including phenoxy) is 1. The minimum absolute atomic E-state index is 0.607. The summed E-state index contributed by atoms with van der Waals surface area (Å²) in [5, 5.41) is 10.0. The zero-order chi connectivity index (χ0) is 16.5. The van der Waals surface area contributed by atoms with Crippen LogP contribution in [-0.4, -0.2) is 27.5 Å². The van der Waals surface area contributed by atoms with Crippen LogP contribution in [-0.2, 0) is 10.3 Å². The summed E-state index contributed by atoms with van der Waals surface area (Å²) in [7, 11) is 0. The van der Waals surface area contributed by atoms with E-state index in [0.29, 0.717) is 4.57 Å². The van der Waals surface area contributed by atoms with Gasteiger partial charge in [-0.25, -0.2) is 4.79 Å². The van der Waals surface area contributed by atoms with Crippen molar-refractivity contribution < 1.29 is 27.8 Å². The molecule has 1 N–H and O–H groups in total. The van der Waals surface area contributed by atoms with Crippen molar-refractivity contribution in [1.29, 1.82) is 0 Å². The minimum Gasteiger partial charge on any atom is -0.443 e. The largest absolute Gasteiger partial charge is 0.443 e. The summed E-state index contributed by atoms with van der Waals surface area (Å²) in [5.74, 6) is 0. The lowest BCUT2D eigenvalue weighted by Crippen LogP contribution is -2.44. The Hall–Kier alpha value is -1.76. The van der Waals surface area contributed by atoms with E-state index in [1.807, 2.05) is 0 Å². The molecule has 1 rings (SSSR count). The third kappa shape index (κ3) is 3.66. The third-order valence-electron chi connectivity index (χ3n) is 2.67. The van der Waals surface area contributed by atoms with Crippen LogP contribution >= 0.6 is 0 Å². The van der Waals surface area contributed by atoms with E-state index in [1.54, 1.807) is 20.8 Å². The standard InChI is InChI=1S/C14H18F3NO3/c1-5-8-13(20,14(15,16)17)10-7-6-9-18(10)11(19)21-12(2,3)4/h5-7,9,20H,1,8H2,2-4H3/t13-/m1/s1. The van der Waals surface area contributed by atoms with E-state index in [-0.39, 0.29) is 0 Å². The molecule has 0 fully saturated rings. The Morgan fingerprint density at radius 1 is 1.43 bits per heavy atom. The summed E-state index contributed by atoms with van der Waals surface area (Å²) >= 11 is 0. The number of nitrogens with zero attached hydrogens (tertiary/aromatic N) is 1. The Morgan fingerprint density at radius 3 is 2.43 bits per heavy atom. The maximum atomic E-state index is 13.2. The van der Waals surface area contributed by atoms with Crippen molar-refractivity contribution in [2.24, 2.45) is 0 Å². The van der Waals surface area contributed by atoms with Crippen LogP contribution in [0.5, 0.6) is 0 Å². The summed E-state index contributed by atoms with van der Waals surface area (Å²) in [5.41, 5.74) is -4.67.